The largest absolute Gasteiger partial charge is 0.494 e. The zero-order chi connectivity index (χ0) is 12.1. The lowest BCUT2D eigenvalue weighted by molar-refractivity contribution is -0.119. The Balaban J connectivity index is 2.75. The SMILES string of the molecule is CC[C@H](C)C(=O)Nc1ccc(OC)c(F)c1. The molecule has 88 valence electrons. The average molecular weight is 225 g/mol. The summed E-state index contributed by atoms with van der Waals surface area (Å²) in [5.74, 6) is -0.497. The summed E-state index contributed by atoms with van der Waals surface area (Å²) in [4.78, 5) is 11.5. The molecule has 0 aliphatic carbocycles. The maximum atomic E-state index is 13.3. The molecule has 0 saturated carbocycles. The van der Waals surface area contributed by atoms with E-state index in [1.54, 1.807) is 6.07 Å². The minimum absolute atomic E-state index is 0.0786. The van der Waals surface area contributed by atoms with Crippen molar-refractivity contribution in [1.82, 2.24) is 0 Å². The molecule has 0 aromatic heterocycles. The summed E-state index contributed by atoms with van der Waals surface area (Å²) in [6, 6.07) is 4.35. The molecule has 0 unspecified atom stereocenters. The van der Waals surface area contributed by atoms with Gasteiger partial charge in [0.15, 0.2) is 11.6 Å². The quantitative estimate of drug-likeness (QED) is 0.855. The van der Waals surface area contributed by atoms with Crippen molar-refractivity contribution in [2.24, 2.45) is 5.92 Å². The van der Waals surface area contributed by atoms with E-state index in [0.29, 0.717) is 5.69 Å². The number of anilines is 1. The molecule has 1 N–H and O–H groups in total. The second-order valence-corrected chi connectivity index (χ2v) is 3.65. The molecule has 1 rings (SSSR count). The Morgan fingerprint density at radius 1 is 1.56 bits per heavy atom. The molecule has 1 atom stereocenters. The number of halogens is 1. The van der Waals surface area contributed by atoms with E-state index >= 15 is 0 Å². The van der Waals surface area contributed by atoms with Gasteiger partial charge >= 0.3 is 0 Å². The first-order valence-corrected chi connectivity index (χ1v) is 5.22. The molecular formula is C12H16FNO2. The summed E-state index contributed by atoms with van der Waals surface area (Å²) in [5, 5.41) is 2.65. The third-order valence-corrected chi connectivity index (χ3v) is 2.48. The Morgan fingerprint density at radius 3 is 2.75 bits per heavy atom. The van der Waals surface area contributed by atoms with E-state index in [1.807, 2.05) is 13.8 Å². The Morgan fingerprint density at radius 2 is 2.25 bits per heavy atom. The first kappa shape index (κ1) is 12.5. The second-order valence-electron chi connectivity index (χ2n) is 3.65. The molecule has 0 fully saturated rings. The van der Waals surface area contributed by atoms with Crippen LogP contribution in [0, 0.1) is 11.7 Å². The van der Waals surface area contributed by atoms with Crippen molar-refractivity contribution < 1.29 is 13.9 Å². The molecule has 3 nitrogen and oxygen atoms in total. The van der Waals surface area contributed by atoms with Crippen molar-refractivity contribution in [2.75, 3.05) is 12.4 Å². The molecule has 4 heteroatoms. The molecule has 0 saturated heterocycles. The number of hydrogen-bond donors (Lipinski definition) is 1. The van der Waals surface area contributed by atoms with Crippen LogP contribution in [0.3, 0.4) is 0 Å². The highest BCUT2D eigenvalue weighted by molar-refractivity contribution is 5.92. The highest BCUT2D eigenvalue weighted by atomic mass is 19.1. The van der Waals surface area contributed by atoms with Crippen LogP contribution < -0.4 is 10.1 Å². The summed E-state index contributed by atoms with van der Waals surface area (Å²) in [7, 11) is 1.40. The van der Waals surface area contributed by atoms with Crippen LogP contribution in [-0.4, -0.2) is 13.0 Å². The predicted octanol–water partition coefficient (Wildman–Crippen LogP) is 2.82. The monoisotopic (exact) mass is 225 g/mol. The van der Waals surface area contributed by atoms with Crippen LogP contribution in [0.5, 0.6) is 5.75 Å². The Kier molecular flexibility index (Phi) is 4.28. The van der Waals surface area contributed by atoms with Gasteiger partial charge in [0.05, 0.1) is 7.11 Å². The van der Waals surface area contributed by atoms with Gasteiger partial charge in [-0.2, -0.15) is 0 Å². The minimum atomic E-state index is -0.482. The molecular weight excluding hydrogens is 209 g/mol. The lowest BCUT2D eigenvalue weighted by Gasteiger charge is -2.10. The van der Waals surface area contributed by atoms with Crippen molar-refractivity contribution in [1.29, 1.82) is 0 Å². The van der Waals surface area contributed by atoms with E-state index in [0.717, 1.165) is 6.42 Å². The van der Waals surface area contributed by atoms with Crippen molar-refractivity contribution in [3.63, 3.8) is 0 Å². The maximum absolute atomic E-state index is 13.3. The molecule has 0 aliphatic heterocycles. The van der Waals surface area contributed by atoms with Gasteiger partial charge in [-0.05, 0) is 18.6 Å². The number of rotatable bonds is 4. The summed E-state index contributed by atoms with van der Waals surface area (Å²) in [6.45, 7) is 3.76. The summed E-state index contributed by atoms with van der Waals surface area (Å²) in [6.07, 6.45) is 0.754. The number of nitrogens with one attached hydrogen (secondary N) is 1. The van der Waals surface area contributed by atoms with E-state index in [4.69, 9.17) is 4.74 Å². The van der Waals surface area contributed by atoms with E-state index in [-0.39, 0.29) is 17.6 Å². The Labute approximate surface area is 94.6 Å². The van der Waals surface area contributed by atoms with E-state index < -0.39 is 5.82 Å². The van der Waals surface area contributed by atoms with Crippen molar-refractivity contribution >= 4 is 11.6 Å². The lowest BCUT2D eigenvalue weighted by atomic mass is 10.1. The van der Waals surface area contributed by atoms with Crippen LogP contribution in [0.2, 0.25) is 0 Å². The molecule has 1 aromatic carbocycles. The number of carbonyl (C=O) groups excluding carboxylic acids is 1. The van der Waals surface area contributed by atoms with Crippen LogP contribution in [0.1, 0.15) is 20.3 Å². The van der Waals surface area contributed by atoms with Gasteiger partial charge in [-0.1, -0.05) is 13.8 Å². The van der Waals surface area contributed by atoms with Crippen LogP contribution in [0.15, 0.2) is 18.2 Å². The van der Waals surface area contributed by atoms with Crippen LogP contribution in [0.4, 0.5) is 10.1 Å². The molecule has 1 aromatic rings. The van der Waals surface area contributed by atoms with Gasteiger partial charge in [0.2, 0.25) is 5.91 Å². The highest BCUT2D eigenvalue weighted by Crippen LogP contribution is 2.21. The molecule has 0 bridgehead atoms. The van der Waals surface area contributed by atoms with E-state index in [1.165, 1.54) is 19.2 Å². The first-order chi connectivity index (χ1) is 7.58. The molecule has 0 radical (unpaired) electrons. The topological polar surface area (TPSA) is 38.3 Å². The summed E-state index contributed by atoms with van der Waals surface area (Å²) < 4.78 is 18.1. The predicted molar refractivity (Wildman–Crippen MR) is 61.0 cm³/mol. The number of ether oxygens (including phenoxy) is 1. The molecule has 0 heterocycles. The minimum Gasteiger partial charge on any atom is -0.494 e. The number of hydrogen-bond acceptors (Lipinski definition) is 2. The van der Waals surface area contributed by atoms with Gasteiger partial charge in [0.25, 0.3) is 0 Å². The van der Waals surface area contributed by atoms with Gasteiger partial charge in [0, 0.05) is 17.7 Å². The number of benzene rings is 1. The van der Waals surface area contributed by atoms with Crippen molar-refractivity contribution in [2.45, 2.75) is 20.3 Å². The fraction of sp³-hybridized carbons (Fsp3) is 0.417. The molecule has 16 heavy (non-hydrogen) atoms. The fourth-order valence-electron chi connectivity index (χ4n) is 1.19. The number of methoxy groups -OCH3 is 1. The smallest absolute Gasteiger partial charge is 0.227 e. The van der Waals surface area contributed by atoms with E-state index in [9.17, 15) is 9.18 Å². The Bertz CT molecular complexity index is 379. The van der Waals surface area contributed by atoms with Gasteiger partial charge in [-0.15, -0.1) is 0 Å². The summed E-state index contributed by atoms with van der Waals surface area (Å²) in [5.41, 5.74) is 0.448. The summed E-state index contributed by atoms with van der Waals surface area (Å²) >= 11 is 0. The first-order valence-electron chi connectivity index (χ1n) is 5.22. The van der Waals surface area contributed by atoms with Crippen LogP contribution >= 0.6 is 0 Å². The highest BCUT2D eigenvalue weighted by Gasteiger charge is 2.11. The van der Waals surface area contributed by atoms with Gasteiger partial charge < -0.3 is 10.1 Å². The molecule has 0 aliphatic rings. The van der Waals surface area contributed by atoms with Crippen molar-refractivity contribution in [3.8, 4) is 5.75 Å². The third kappa shape index (κ3) is 2.95. The van der Waals surface area contributed by atoms with Crippen LogP contribution in [-0.2, 0) is 4.79 Å². The van der Waals surface area contributed by atoms with Crippen molar-refractivity contribution in [3.05, 3.63) is 24.0 Å². The normalized spacial score (nSPS) is 12.0. The number of amides is 1. The maximum Gasteiger partial charge on any atom is 0.227 e. The molecule has 0 spiro atoms. The average Bonchev–Trinajstić information content (AvgIpc) is 2.28. The standard InChI is InChI=1S/C12H16FNO2/c1-4-8(2)12(15)14-9-5-6-11(16-3)10(13)7-9/h5-8H,4H2,1-3H3,(H,14,15)/t8-/m0/s1. The second kappa shape index (κ2) is 5.49. The molecule has 1 amide bonds. The lowest BCUT2D eigenvalue weighted by Crippen LogP contribution is -2.19. The van der Waals surface area contributed by atoms with Crippen LogP contribution in [0.25, 0.3) is 0 Å². The van der Waals surface area contributed by atoms with Gasteiger partial charge in [-0.25, -0.2) is 4.39 Å². The zero-order valence-corrected chi connectivity index (χ0v) is 9.71. The van der Waals surface area contributed by atoms with E-state index in [2.05, 4.69) is 5.32 Å². The fourth-order valence-corrected chi connectivity index (χ4v) is 1.19. The zero-order valence-electron chi connectivity index (χ0n) is 9.71. The third-order valence-electron chi connectivity index (χ3n) is 2.48. The number of carbonyl (C=O) groups is 1. The van der Waals surface area contributed by atoms with Gasteiger partial charge in [-0.3, -0.25) is 4.79 Å². The Hall–Kier alpha value is -1.58. The van der Waals surface area contributed by atoms with Gasteiger partial charge in [0.1, 0.15) is 0 Å².